The number of amides is 1. The summed E-state index contributed by atoms with van der Waals surface area (Å²) in [5, 5.41) is 15.8. The lowest BCUT2D eigenvalue weighted by molar-refractivity contribution is -0.118. The zero-order chi connectivity index (χ0) is 14.3. The number of carbonyl (C=O) groups excluding carboxylic acids is 1. The van der Waals surface area contributed by atoms with Gasteiger partial charge in [0.15, 0.2) is 6.61 Å². The molecule has 1 aromatic carbocycles. The van der Waals surface area contributed by atoms with Crippen molar-refractivity contribution in [2.24, 2.45) is 7.05 Å². The van der Waals surface area contributed by atoms with Crippen LogP contribution in [0.2, 0.25) is 0 Å². The molecule has 20 heavy (non-hydrogen) atoms. The number of nitrogens with zero attached hydrogens (tertiary/aromatic N) is 2. The van der Waals surface area contributed by atoms with Gasteiger partial charge in [-0.2, -0.15) is 5.10 Å². The summed E-state index contributed by atoms with van der Waals surface area (Å²) in [5.41, 5.74) is 1.75. The van der Waals surface area contributed by atoms with Gasteiger partial charge in [-0.25, -0.2) is 4.79 Å². The predicted molar refractivity (Wildman–Crippen MR) is 69.7 cm³/mol. The number of aromatic carboxylic acids is 1. The summed E-state index contributed by atoms with van der Waals surface area (Å²) >= 11 is 0. The maximum atomic E-state index is 11.3. The molecule has 2 aromatic rings. The summed E-state index contributed by atoms with van der Waals surface area (Å²) in [6, 6.07) is 5.11. The number of rotatable bonds is 2. The van der Waals surface area contributed by atoms with Crippen LogP contribution in [0.1, 0.15) is 10.4 Å². The molecule has 0 fully saturated rings. The Hall–Kier alpha value is -2.83. The number of ether oxygens (including phenoxy) is 1. The number of aryl methyl sites for hydroxylation is 1. The van der Waals surface area contributed by atoms with E-state index in [1.165, 1.54) is 10.9 Å². The fourth-order valence-electron chi connectivity index (χ4n) is 2.17. The molecular weight excluding hydrogens is 262 g/mol. The van der Waals surface area contributed by atoms with Crippen molar-refractivity contribution < 1.29 is 19.4 Å². The number of carboxylic acid groups (broad SMARTS) is 1. The van der Waals surface area contributed by atoms with Gasteiger partial charge in [0.05, 0.1) is 17.6 Å². The monoisotopic (exact) mass is 273 g/mol. The number of hydrogen-bond acceptors (Lipinski definition) is 4. The highest BCUT2D eigenvalue weighted by molar-refractivity contribution is 5.98. The number of carboxylic acids is 1. The van der Waals surface area contributed by atoms with E-state index in [9.17, 15) is 14.7 Å². The first-order chi connectivity index (χ1) is 9.56. The van der Waals surface area contributed by atoms with Crippen LogP contribution in [0.25, 0.3) is 11.3 Å². The molecule has 7 nitrogen and oxygen atoms in total. The van der Waals surface area contributed by atoms with E-state index in [-0.39, 0.29) is 18.1 Å². The lowest BCUT2D eigenvalue weighted by Crippen LogP contribution is -2.25. The Labute approximate surface area is 113 Å². The van der Waals surface area contributed by atoms with Crippen molar-refractivity contribution in [1.82, 2.24) is 9.78 Å². The number of fused-ring (bicyclic) bond motifs is 1. The number of benzene rings is 1. The smallest absolute Gasteiger partial charge is 0.339 e. The molecule has 0 bridgehead atoms. The molecule has 7 heteroatoms. The topological polar surface area (TPSA) is 93.5 Å². The number of aromatic nitrogens is 2. The summed E-state index contributed by atoms with van der Waals surface area (Å²) < 4.78 is 6.75. The summed E-state index contributed by atoms with van der Waals surface area (Å²) in [7, 11) is 1.66. The Morgan fingerprint density at radius 1 is 1.50 bits per heavy atom. The average Bonchev–Trinajstić information content (AvgIpc) is 2.80. The van der Waals surface area contributed by atoms with E-state index in [2.05, 4.69) is 10.4 Å². The fraction of sp³-hybridized carbons (Fsp3) is 0.154. The number of nitrogens with one attached hydrogen (secondary N) is 1. The zero-order valence-corrected chi connectivity index (χ0v) is 10.6. The van der Waals surface area contributed by atoms with Crippen molar-refractivity contribution in [2.45, 2.75) is 0 Å². The molecule has 3 rings (SSSR count). The van der Waals surface area contributed by atoms with Crippen LogP contribution in [0.5, 0.6) is 5.75 Å². The van der Waals surface area contributed by atoms with Crippen molar-refractivity contribution in [2.75, 3.05) is 11.9 Å². The van der Waals surface area contributed by atoms with Crippen molar-refractivity contribution in [3.8, 4) is 17.0 Å². The molecule has 0 unspecified atom stereocenters. The van der Waals surface area contributed by atoms with Crippen molar-refractivity contribution >= 4 is 17.6 Å². The molecule has 102 valence electrons. The van der Waals surface area contributed by atoms with Crippen LogP contribution in [0.3, 0.4) is 0 Å². The van der Waals surface area contributed by atoms with E-state index in [1.807, 2.05) is 0 Å². The van der Waals surface area contributed by atoms with E-state index in [0.29, 0.717) is 22.7 Å². The normalized spacial score (nSPS) is 13.3. The summed E-state index contributed by atoms with van der Waals surface area (Å²) in [4.78, 5) is 22.5. The minimum absolute atomic E-state index is 0.0154. The van der Waals surface area contributed by atoms with Crippen molar-refractivity contribution in [3.63, 3.8) is 0 Å². The lowest BCUT2D eigenvalue weighted by Gasteiger charge is -2.18. The Balaban J connectivity index is 2.12. The SMILES string of the molecule is Cn1ncc(C(=O)O)c1-c1ccc2c(c1)NC(=O)CO2. The first-order valence-corrected chi connectivity index (χ1v) is 5.88. The second-order valence-electron chi connectivity index (χ2n) is 4.38. The van der Waals surface area contributed by atoms with E-state index in [4.69, 9.17) is 4.74 Å². The minimum Gasteiger partial charge on any atom is -0.482 e. The molecule has 0 atom stereocenters. The van der Waals surface area contributed by atoms with Crippen molar-refractivity contribution in [3.05, 3.63) is 30.0 Å². The van der Waals surface area contributed by atoms with Crippen molar-refractivity contribution in [1.29, 1.82) is 0 Å². The first-order valence-electron chi connectivity index (χ1n) is 5.88. The highest BCUT2D eigenvalue weighted by Gasteiger charge is 2.20. The Kier molecular flexibility index (Phi) is 2.67. The van der Waals surface area contributed by atoms with E-state index in [0.717, 1.165) is 0 Å². The maximum Gasteiger partial charge on any atom is 0.339 e. The van der Waals surface area contributed by atoms with Gasteiger partial charge in [0.2, 0.25) is 0 Å². The Morgan fingerprint density at radius 2 is 2.30 bits per heavy atom. The van der Waals surface area contributed by atoms with E-state index in [1.54, 1.807) is 25.2 Å². The average molecular weight is 273 g/mol. The quantitative estimate of drug-likeness (QED) is 0.855. The molecule has 1 aliphatic rings. The molecule has 0 radical (unpaired) electrons. The zero-order valence-electron chi connectivity index (χ0n) is 10.6. The third-order valence-corrected chi connectivity index (χ3v) is 3.06. The van der Waals surface area contributed by atoms with Crippen LogP contribution in [-0.4, -0.2) is 33.4 Å². The highest BCUT2D eigenvalue weighted by Crippen LogP contribution is 2.33. The standard InChI is InChI=1S/C13H11N3O4/c1-16-12(8(5-14-16)13(18)19)7-2-3-10-9(4-7)15-11(17)6-20-10/h2-5H,6H2,1H3,(H,15,17)(H,18,19). The molecule has 0 saturated heterocycles. The fourth-order valence-corrected chi connectivity index (χ4v) is 2.17. The molecule has 1 aliphatic heterocycles. The first kappa shape index (κ1) is 12.2. The Bertz CT molecular complexity index is 720. The van der Waals surface area contributed by atoms with Gasteiger partial charge >= 0.3 is 5.97 Å². The van der Waals surface area contributed by atoms with Gasteiger partial charge in [0, 0.05) is 12.6 Å². The van der Waals surface area contributed by atoms with Gasteiger partial charge < -0.3 is 15.2 Å². The van der Waals surface area contributed by atoms with Crippen LogP contribution in [-0.2, 0) is 11.8 Å². The molecular formula is C13H11N3O4. The second kappa shape index (κ2) is 4.37. The van der Waals surface area contributed by atoms with Gasteiger partial charge in [-0.15, -0.1) is 0 Å². The van der Waals surface area contributed by atoms with Gasteiger partial charge in [0.1, 0.15) is 11.3 Å². The summed E-state index contributed by atoms with van der Waals surface area (Å²) in [6.45, 7) is -0.0154. The largest absolute Gasteiger partial charge is 0.482 e. The molecule has 2 heterocycles. The molecule has 0 saturated carbocycles. The van der Waals surface area contributed by atoms with Crippen LogP contribution >= 0.6 is 0 Å². The van der Waals surface area contributed by atoms with E-state index >= 15 is 0 Å². The van der Waals surface area contributed by atoms with Gasteiger partial charge in [-0.3, -0.25) is 9.48 Å². The third kappa shape index (κ3) is 1.89. The summed E-state index contributed by atoms with van der Waals surface area (Å²) in [5.74, 6) is -0.725. The molecule has 0 aliphatic carbocycles. The second-order valence-corrected chi connectivity index (χ2v) is 4.38. The molecule has 2 N–H and O–H groups in total. The highest BCUT2D eigenvalue weighted by atomic mass is 16.5. The van der Waals surface area contributed by atoms with Crippen LogP contribution in [0.4, 0.5) is 5.69 Å². The van der Waals surface area contributed by atoms with Gasteiger partial charge in [-0.1, -0.05) is 0 Å². The van der Waals surface area contributed by atoms with Crippen LogP contribution in [0.15, 0.2) is 24.4 Å². The third-order valence-electron chi connectivity index (χ3n) is 3.06. The maximum absolute atomic E-state index is 11.3. The molecule has 0 spiro atoms. The number of hydrogen-bond donors (Lipinski definition) is 2. The molecule has 1 amide bonds. The number of carbonyl (C=O) groups is 2. The predicted octanol–water partition coefficient (Wildman–Crippen LogP) is 1.12. The number of anilines is 1. The van der Waals surface area contributed by atoms with Crippen LogP contribution in [0, 0.1) is 0 Å². The Morgan fingerprint density at radius 3 is 3.05 bits per heavy atom. The minimum atomic E-state index is -1.05. The van der Waals surface area contributed by atoms with Crippen LogP contribution < -0.4 is 10.1 Å². The molecule has 1 aromatic heterocycles. The van der Waals surface area contributed by atoms with E-state index < -0.39 is 5.97 Å². The summed E-state index contributed by atoms with van der Waals surface area (Å²) in [6.07, 6.45) is 1.30. The van der Waals surface area contributed by atoms with Gasteiger partial charge in [-0.05, 0) is 18.2 Å². The van der Waals surface area contributed by atoms with Gasteiger partial charge in [0.25, 0.3) is 5.91 Å². The lowest BCUT2D eigenvalue weighted by atomic mass is 10.1.